The van der Waals surface area contributed by atoms with E-state index in [1.807, 2.05) is 0 Å². The van der Waals surface area contributed by atoms with Crippen LogP contribution < -0.4 is 0 Å². The van der Waals surface area contributed by atoms with E-state index >= 15 is 0 Å². The maximum Gasteiger partial charge on any atom is 0.307 e. The molecule has 3 unspecified atom stereocenters. The molecule has 4 atom stereocenters. The van der Waals surface area contributed by atoms with Crippen molar-refractivity contribution in [3.05, 3.63) is 0 Å². The molecule has 0 aliphatic heterocycles. The molecule has 2 saturated carbocycles. The third-order valence-corrected chi connectivity index (χ3v) is 3.62. The molecule has 2 heteroatoms. The molecular weight excluding hydrogens is 140 g/mol. The van der Waals surface area contributed by atoms with Gasteiger partial charge in [-0.2, -0.15) is 0 Å². The van der Waals surface area contributed by atoms with Gasteiger partial charge in [0.1, 0.15) is 0 Å². The zero-order valence-electron chi connectivity index (χ0n) is 6.79. The van der Waals surface area contributed by atoms with E-state index in [-0.39, 0.29) is 5.92 Å². The molecule has 0 aromatic carbocycles. The molecule has 0 spiro atoms. The van der Waals surface area contributed by atoms with Gasteiger partial charge in [-0.1, -0.05) is 6.92 Å². The lowest BCUT2D eigenvalue weighted by molar-refractivity contribution is -0.145. The number of carboxylic acid groups (broad SMARTS) is 1. The van der Waals surface area contributed by atoms with Gasteiger partial charge in [0.15, 0.2) is 0 Å². The van der Waals surface area contributed by atoms with E-state index in [2.05, 4.69) is 6.92 Å². The Morgan fingerprint density at radius 2 is 2.00 bits per heavy atom. The predicted molar refractivity (Wildman–Crippen MR) is 41.1 cm³/mol. The van der Waals surface area contributed by atoms with E-state index in [1.54, 1.807) is 0 Å². The highest BCUT2D eigenvalue weighted by Crippen LogP contribution is 2.51. The van der Waals surface area contributed by atoms with Crippen LogP contribution in [0, 0.1) is 23.7 Å². The summed E-state index contributed by atoms with van der Waals surface area (Å²) in [6, 6.07) is 0. The molecular formula is C9H14O2. The molecule has 2 aliphatic rings. The second-order valence-electron chi connectivity index (χ2n) is 4.06. The van der Waals surface area contributed by atoms with Gasteiger partial charge < -0.3 is 5.11 Å². The van der Waals surface area contributed by atoms with Crippen molar-refractivity contribution < 1.29 is 9.90 Å². The van der Waals surface area contributed by atoms with Crippen LogP contribution in [0.5, 0.6) is 0 Å². The standard InChI is InChI=1S/C9H14O2/c1-5-6-2-3-7(4-6)8(5)9(10)11/h5-8H,2-4H2,1H3,(H,10,11)/t5-,6?,7?,8?/m0/s1. The van der Waals surface area contributed by atoms with Crippen molar-refractivity contribution in [3.63, 3.8) is 0 Å². The molecule has 0 aromatic heterocycles. The average Bonchev–Trinajstić information content (AvgIpc) is 2.44. The Labute approximate surface area is 66.6 Å². The van der Waals surface area contributed by atoms with Crippen LogP contribution in [0.1, 0.15) is 26.2 Å². The van der Waals surface area contributed by atoms with Crippen LogP contribution in [-0.4, -0.2) is 11.1 Å². The predicted octanol–water partition coefficient (Wildman–Crippen LogP) is 1.75. The van der Waals surface area contributed by atoms with E-state index in [4.69, 9.17) is 5.11 Å². The lowest BCUT2D eigenvalue weighted by Crippen LogP contribution is -2.27. The fourth-order valence-electron chi connectivity index (χ4n) is 3.01. The second kappa shape index (κ2) is 2.23. The fraction of sp³-hybridized carbons (Fsp3) is 0.889. The first-order chi connectivity index (χ1) is 5.20. The lowest BCUT2D eigenvalue weighted by atomic mass is 9.81. The smallest absolute Gasteiger partial charge is 0.307 e. The molecule has 0 heterocycles. The third-order valence-electron chi connectivity index (χ3n) is 3.62. The third kappa shape index (κ3) is 0.883. The van der Waals surface area contributed by atoms with Gasteiger partial charge in [0, 0.05) is 0 Å². The molecule has 0 saturated heterocycles. The second-order valence-corrected chi connectivity index (χ2v) is 4.06. The van der Waals surface area contributed by atoms with Gasteiger partial charge >= 0.3 is 5.97 Å². The quantitative estimate of drug-likeness (QED) is 0.624. The van der Waals surface area contributed by atoms with Crippen LogP contribution in [0.25, 0.3) is 0 Å². The summed E-state index contributed by atoms with van der Waals surface area (Å²) in [6.45, 7) is 2.10. The zero-order valence-corrected chi connectivity index (χ0v) is 6.79. The Morgan fingerprint density at radius 1 is 1.36 bits per heavy atom. The summed E-state index contributed by atoms with van der Waals surface area (Å²) in [7, 11) is 0. The number of hydrogen-bond donors (Lipinski definition) is 1. The lowest BCUT2D eigenvalue weighted by Gasteiger charge is -2.24. The van der Waals surface area contributed by atoms with Crippen LogP contribution in [0.3, 0.4) is 0 Å². The van der Waals surface area contributed by atoms with E-state index in [9.17, 15) is 4.79 Å². The summed E-state index contributed by atoms with van der Waals surface area (Å²) in [4.78, 5) is 10.8. The van der Waals surface area contributed by atoms with E-state index in [0.29, 0.717) is 11.8 Å². The average molecular weight is 154 g/mol. The normalized spacial score (nSPS) is 48.1. The fourth-order valence-corrected chi connectivity index (χ4v) is 3.01. The summed E-state index contributed by atoms with van der Waals surface area (Å²) in [6.07, 6.45) is 3.61. The largest absolute Gasteiger partial charge is 0.481 e. The van der Waals surface area contributed by atoms with E-state index < -0.39 is 5.97 Å². The summed E-state index contributed by atoms with van der Waals surface area (Å²) in [5, 5.41) is 8.91. The number of carbonyl (C=O) groups is 1. The van der Waals surface area contributed by atoms with Crippen molar-refractivity contribution in [2.24, 2.45) is 23.7 Å². The molecule has 2 bridgehead atoms. The van der Waals surface area contributed by atoms with Crippen molar-refractivity contribution in [2.45, 2.75) is 26.2 Å². The Hall–Kier alpha value is -0.530. The van der Waals surface area contributed by atoms with Gasteiger partial charge in [-0.05, 0) is 37.0 Å². The van der Waals surface area contributed by atoms with Crippen molar-refractivity contribution in [1.82, 2.24) is 0 Å². The number of carboxylic acids is 1. The molecule has 1 N–H and O–H groups in total. The molecule has 2 aliphatic carbocycles. The maximum absolute atomic E-state index is 10.8. The minimum absolute atomic E-state index is 0.0197. The van der Waals surface area contributed by atoms with Crippen molar-refractivity contribution in [3.8, 4) is 0 Å². The zero-order chi connectivity index (χ0) is 8.01. The Balaban J connectivity index is 2.17. The number of aliphatic carboxylic acids is 1. The Bertz CT molecular complexity index is 186. The van der Waals surface area contributed by atoms with E-state index in [1.165, 1.54) is 12.8 Å². The monoisotopic (exact) mass is 154 g/mol. The molecule has 0 radical (unpaired) electrons. The first-order valence-electron chi connectivity index (χ1n) is 4.43. The van der Waals surface area contributed by atoms with Crippen LogP contribution >= 0.6 is 0 Å². The topological polar surface area (TPSA) is 37.3 Å². The number of rotatable bonds is 1. The molecule has 0 amide bonds. The van der Waals surface area contributed by atoms with Crippen molar-refractivity contribution in [2.75, 3.05) is 0 Å². The van der Waals surface area contributed by atoms with E-state index in [0.717, 1.165) is 12.3 Å². The van der Waals surface area contributed by atoms with Crippen LogP contribution in [0.15, 0.2) is 0 Å². The molecule has 0 aromatic rings. The summed E-state index contributed by atoms with van der Waals surface area (Å²) in [5.74, 6) is 1.08. The van der Waals surface area contributed by atoms with Crippen LogP contribution in [0.2, 0.25) is 0 Å². The molecule has 2 nitrogen and oxygen atoms in total. The first-order valence-corrected chi connectivity index (χ1v) is 4.43. The minimum Gasteiger partial charge on any atom is -0.481 e. The SMILES string of the molecule is C[C@H]1C2CCC(C2)C1C(=O)O. The van der Waals surface area contributed by atoms with Gasteiger partial charge in [0.2, 0.25) is 0 Å². The van der Waals surface area contributed by atoms with Gasteiger partial charge in [-0.15, -0.1) is 0 Å². The highest BCUT2D eigenvalue weighted by molar-refractivity contribution is 5.71. The van der Waals surface area contributed by atoms with Gasteiger partial charge in [0.25, 0.3) is 0 Å². The highest BCUT2D eigenvalue weighted by atomic mass is 16.4. The maximum atomic E-state index is 10.8. The first kappa shape index (κ1) is 7.14. The van der Waals surface area contributed by atoms with Crippen LogP contribution in [0.4, 0.5) is 0 Å². The molecule has 2 rings (SSSR count). The van der Waals surface area contributed by atoms with Gasteiger partial charge in [-0.25, -0.2) is 0 Å². The molecule has 2 fully saturated rings. The number of hydrogen-bond acceptors (Lipinski definition) is 1. The summed E-state index contributed by atoms with van der Waals surface area (Å²) >= 11 is 0. The van der Waals surface area contributed by atoms with Crippen molar-refractivity contribution in [1.29, 1.82) is 0 Å². The van der Waals surface area contributed by atoms with Crippen molar-refractivity contribution >= 4 is 5.97 Å². The Morgan fingerprint density at radius 3 is 2.36 bits per heavy atom. The molecule has 11 heavy (non-hydrogen) atoms. The van der Waals surface area contributed by atoms with Gasteiger partial charge in [-0.3, -0.25) is 4.79 Å². The Kier molecular flexibility index (Phi) is 1.44. The van der Waals surface area contributed by atoms with Crippen LogP contribution in [-0.2, 0) is 4.79 Å². The highest BCUT2D eigenvalue weighted by Gasteiger charge is 2.48. The minimum atomic E-state index is -0.565. The van der Waals surface area contributed by atoms with Gasteiger partial charge in [0.05, 0.1) is 5.92 Å². The number of fused-ring (bicyclic) bond motifs is 2. The molecule has 62 valence electrons. The summed E-state index contributed by atoms with van der Waals surface area (Å²) in [5.41, 5.74) is 0. The summed E-state index contributed by atoms with van der Waals surface area (Å²) < 4.78 is 0.